The van der Waals surface area contributed by atoms with E-state index >= 15 is 0 Å². The number of halogens is 2. The normalized spacial score (nSPS) is 18.8. The summed E-state index contributed by atoms with van der Waals surface area (Å²) < 4.78 is 28.4. The number of likely N-dealkylation sites (N-methyl/N-ethyl adjacent to an activating group) is 1. The number of aromatic nitrogens is 1. The van der Waals surface area contributed by atoms with Crippen LogP contribution in [0.2, 0.25) is 5.02 Å². The van der Waals surface area contributed by atoms with Gasteiger partial charge in [0.25, 0.3) is 11.8 Å². The van der Waals surface area contributed by atoms with Crippen LogP contribution in [-0.4, -0.2) is 41.5 Å². The van der Waals surface area contributed by atoms with Crippen LogP contribution < -0.4 is 15.5 Å². The first kappa shape index (κ1) is 30.6. The van der Waals surface area contributed by atoms with Crippen LogP contribution in [0.3, 0.4) is 0 Å². The van der Waals surface area contributed by atoms with Gasteiger partial charge >= 0.3 is 0 Å². The van der Waals surface area contributed by atoms with Gasteiger partial charge in [-0.15, -0.1) is 0 Å². The maximum absolute atomic E-state index is 14.5. The molecule has 0 unspecified atom stereocenters. The van der Waals surface area contributed by atoms with E-state index in [9.17, 15) is 18.8 Å². The van der Waals surface area contributed by atoms with Crippen LogP contribution in [0.5, 0.6) is 5.75 Å². The summed E-state index contributed by atoms with van der Waals surface area (Å²) in [5.74, 6) is -1.67. The van der Waals surface area contributed by atoms with E-state index in [-0.39, 0.29) is 52.6 Å². The quantitative estimate of drug-likeness (QED) is 0.248. The SMILES string of the molecule is CN1CC2(CC(COCc3ccccc3)C2)n2cc(C(=O)NCc3cccc(Cl)c3F)c(=O)c(OCc3ccccc3)c2C1=O. The molecule has 1 aliphatic heterocycles. The van der Waals surface area contributed by atoms with Gasteiger partial charge in [-0.25, -0.2) is 4.39 Å². The maximum atomic E-state index is 14.5. The minimum absolute atomic E-state index is 0.0296. The average molecular weight is 630 g/mol. The average Bonchev–Trinajstić information content (AvgIpc) is 3.03. The van der Waals surface area contributed by atoms with Crippen LogP contribution in [0.4, 0.5) is 4.39 Å². The Bertz CT molecular complexity index is 1770. The Morgan fingerprint density at radius 2 is 1.64 bits per heavy atom. The van der Waals surface area contributed by atoms with Crippen molar-refractivity contribution in [3.63, 3.8) is 0 Å². The van der Waals surface area contributed by atoms with E-state index in [4.69, 9.17) is 21.1 Å². The van der Waals surface area contributed by atoms with E-state index in [2.05, 4.69) is 5.32 Å². The third-order valence-electron chi connectivity index (χ3n) is 8.50. The molecule has 0 bridgehead atoms. The highest BCUT2D eigenvalue weighted by molar-refractivity contribution is 6.30. The topological polar surface area (TPSA) is 89.9 Å². The van der Waals surface area contributed by atoms with Crippen molar-refractivity contribution in [3.8, 4) is 5.75 Å². The van der Waals surface area contributed by atoms with Gasteiger partial charge in [-0.3, -0.25) is 14.4 Å². The zero-order valence-corrected chi connectivity index (χ0v) is 25.6. The van der Waals surface area contributed by atoms with E-state index < -0.39 is 22.7 Å². The van der Waals surface area contributed by atoms with E-state index in [0.717, 1.165) is 11.1 Å². The summed E-state index contributed by atoms with van der Waals surface area (Å²) in [6, 6.07) is 23.7. The first-order valence-electron chi connectivity index (χ1n) is 14.8. The van der Waals surface area contributed by atoms with Gasteiger partial charge in [-0.05, 0) is 36.0 Å². The zero-order valence-electron chi connectivity index (χ0n) is 24.8. The molecule has 2 heterocycles. The van der Waals surface area contributed by atoms with Crippen LogP contribution >= 0.6 is 11.6 Å². The van der Waals surface area contributed by atoms with Gasteiger partial charge in [0, 0.05) is 31.9 Å². The van der Waals surface area contributed by atoms with Crippen molar-refractivity contribution in [2.75, 3.05) is 20.2 Å². The predicted octanol–water partition coefficient (Wildman–Crippen LogP) is 5.56. The molecule has 1 fully saturated rings. The second kappa shape index (κ2) is 12.9. The molecule has 0 saturated heterocycles. The molecule has 2 aliphatic rings. The molecular formula is C35H33ClFN3O5. The minimum atomic E-state index is -0.706. The number of fused-ring (bicyclic) bond motifs is 2. The van der Waals surface area contributed by atoms with Gasteiger partial charge in [-0.1, -0.05) is 84.4 Å². The Hall–Kier alpha value is -4.47. The van der Waals surface area contributed by atoms with Crippen molar-refractivity contribution in [2.45, 2.75) is 38.1 Å². The number of rotatable bonds is 10. The van der Waals surface area contributed by atoms with Crippen LogP contribution in [0.1, 0.15) is 50.4 Å². The van der Waals surface area contributed by atoms with Crippen molar-refractivity contribution >= 4 is 23.4 Å². The monoisotopic (exact) mass is 629 g/mol. The van der Waals surface area contributed by atoms with Gasteiger partial charge in [0.15, 0.2) is 11.4 Å². The Morgan fingerprint density at radius 3 is 2.33 bits per heavy atom. The lowest BCUT2D eigenvalue weighted by atomic mass is 9.67. The van der Waals surface area contributed by atoms with Crippen molar-refractivity contribution in [2.24, 2.45) is 5.92 Å². The Morgan fingerprint density at radius 1 is 0.978 bits per heavy atom. The Labute approximate surface area is 265 Å². The molecule has 1 saturated carbocycles. The number of benzene rings is 3. The number of ether oxygens (including phenoxy) is 2. The number of nitrogens with one attached hydrogen (secondary N) is 1. The fraction of sp³-hybridized carbons (Fsp3) is 0.286. The molecule has 10 heteroatoms. The van der Waals surface area contributed by atoms with Crippen LogP contribution in [0.25, 0.3) is 0 Å². The van der Waals surface area contributed by atoms with Crippen molar-refractivity contribution in [1.82, 2.24) is 14.8 Å². The van der Waals surface area contributed by atoms with E-state index in [1.165, 1.54) is 18.3 Å². The van der Waals surface area contributed by atoms with Gasteiger partial charge < -0.3 is 24.3 Å². The summed E-state index contributed by atoms with van der Waals surface area (Å²) in [5.41, 5.74) is 0.738. The molecule has 232 valence electrons. The smallest absolute Gasteiger partial charge is 0.274 e. The number of hydrogen-bond acceptors (Lipinski definition) is 5. The summed E-state index contributed by atoms with van der Waals surface area (Å²) in [6.45, 7) is 1.30. The second-order valence-corrected chi connectivity index (χ2v) is 12.2. The summed E-state index contributed by atoms with van der Waals surface area (Å²) in [5, 5.41) is 2.58. The summed E-state index contributed by atoms with van der Waals surface area (Å²) in [4.78, 5) is 42.6. The third kappa shape index (κ3) is 6.23. The third-order valence-corrected chi connectivity index (χ3v) is 8.79. The molecule has 1 aliphatic carbocycles. The second-order valence-electron chi connectivity index (χ2n) is 11.8. The number of nitrogens with zero attached hydrogens (tertiary/aromatic N) is 2. The molecule has 2 amide bonds. The molecule has 0 atom stereocenters. The maximum Gasteiger partial charge on any atom is 0.274 e. The number of hydrogen-bond donors (Lipinski definition) is 1. The minimum Gasteiger partial charge on any atom is -0.483 e. The summed E-state index contributed by atoms with van der Waals surface area (Å²) >= 11 is 5.91. The first-order valence-corrected chi connectivity index (χ1v) is 15.2. The van der Waals surface area contributed by atoms with Crippen LogP contribution in [-0.2, 0) is 30.0 Å². The highest BCUT2D eigenvalue weighted by Crippen LogP contribution is 2.48. The standard InChI is InChI=1S/C35H33ClFN3O5/c1-39-22-35(15-25(16-35)20-44-19-23-9-4-2-5-10-23)40-18-27(33(42)38-17-26-13-8-14-28(36)29(26)37)31(41)32(30(40)34(39)43)45-21-24-11-6-3-7-12-24/h2-14,18,25H,15-17,19-22H2,1H3,(H,38,42). The lowest BCUT2D eigenvalue weighted by Gasteiger charge is -2.54. The molecule has 4 aromatic rings. The number of carbonyl (C=O) groups is 2. The van der Waals surface area contributed by atoms with Crippen molar-refractivity contribution in [1.29, 1.82) is 0 Å². The molecule has 1 aromatic heterocycles. The highest BCUT2D eigenvalue weighted by Gasteiger charge is 2.52. The Balaban J connectivity index is 1.31. The molecule has 8 nitrogen and oxygen atoms in total. The van der Waals surface area contributed by atoms with Gasteiger partial charge in [0.05, 0.1) is 23.8 Å². The zero-order chi connectivity index (χ0) is 31.6. The molecule has 0 radical (unpaired) electrons. The number of amides is 2. The summed E-state index contributed by atoms with van der Waals surface area (Å²) in [7, 11) is 1.71. The summed E-state index contributed by atoms with van der Waals surface area (Å²) in [6.07, 6.45) is 2.83. The molecule has 6 rings (SSSR count). The molecule has 45 heavy (non-hydrogen) atoms. The predicted molar refractivity (Wildman–Crippen MR) is 168 cm³/mol. The van der Waals surface area contributed by atoms with E-state index in [1.807, 2.05) is 60.7 Å². The largest absolute Gasteiger partial charge is 0.483 e. The first-order chi connectivity index (χ1) is 21.8. The number of carbonyl (C=O) groups excluding carboxylic acids is 2. The Kier molecular flexibility index (Phi) is 8.74. The van der Waals surface area contributed by atoms with Crippen LogP contribution in [0.15, 0.2) is 89.9 Å². The molecule has 1 N–H and O–H groups in total. The van der Waals surface area contributed by atoms with Gasteiger partial charge in [0.1, 0.15) is 18.0 Å². The molecule has 1 spiro atoms. The van der Waals surface area contributed by atoms with E-state index in [1.54, 1.807) is 22.6 Å². The fourth-order valence-corrected chi connectivity index (χ4v) is 6.49. The molecule has 3 aromatic carbocycles. The van der Waals surface area contributed by atoms with Gasteiger partial charge in [0.2, 0.25) is 5.43 Å². The van der Waals surface area contributed by atoms with Gasteiger partial charge in [-0.2, -0.15) is 0 Å². The van der Waals surface area contributed by atoms with Crippen molar-refractivity contribution < 1.29 is 23.5 Å². The molecular weight excluding hydrogens is 597 g/mol. The fourth-order valence-electron chi connectivity index (χ4n) is 6.29. The highest BCUT2D eigenvalue weighted by atomic mass is 35.5. The lowest BCUT2D eigenvalue weighted by Crippen LogP contribution is -2.60. The lowest BCUT2D eigenvalue weighted by molar-refractivity contribution is -0.0324. The van der Waals surface area contributed by atoms with Crippen molar-refractivity contribution in [3.05, 3.63) is 134 Å². The number of pyridine rings is 1. The van der Waals surface area contributed by atoms with Crippen LogP contribution in [0, 0.1) is 11.7 Å². The van der Waals surface area contributed by atoms with E-state index in [0.29, 0.717) is 32.6 Å².